The topological polar surface area (TPSA) is 34.9 Å². The van der Waals surface area contributed by atoms with Gasteiger partial charge in [0.2, 0.25) is 0 Å². The van der Waals surface area contributed by atoms with Crippen molar-refractivity contribution in [3.05, 3.63) is 52.2 Å². The molecule has 0 saturated carbocycles. The second kappa shape index (κ2) is 5.45. The minimum absolute atomic E-state index is 0.214. The van der Waals surface area contributed by atoms with Gasteiger partial charge in [0.05, 0.1) is 5.69 Å². The van der Waals surface area contributed by atoms with Crippen LogP contribution in [-0.4, -0.2) is 15.6 Å². The van der Waals surface area contributed by atoms with Gasteiger partial charge in [-0.3, -0.25) is 9.48 Å². The van der Waals surface area contributed by atoms with Crippen LogP contribution < -0.4 is 0 Å². The number of aromatic nitrogens is 2. The van der Waals surface area contributed by atoms with Crippen LogP contribution in [0.5, 0.6) is 0 Å². The third kappa shape index (κ3) is 2.51. The standard InChI is InChI=1S/C17H18N2OS/c1-11-14(12(2)19(3)18-11)7-8-16(20)15-6-4-5-13-9-10-21-17(13)15/h4-6,9-10H,7-8H2,1-3H3. The van der Waals surface area contributed by atoms with E-state index >= 15 is 0 Å². The highest BCUT2D eigenvalue weighted by atomic mass is 32.1. The number of Topliss-reactive ketones (excluding diaryl/α,β-unsaturated/α-hetero) is 1. The van der Waals surface area contributed by atoms with Crippen LogP contribution in [0.4, 0.5) is 0 Å². The molecule has 3 nitrogen and oxygen atoms in total. The van der Waals surface area contributed by atoms with Crippen LogP contribution >= 0.6 is 11.3 Å². The first-order valence-electron chi connectivity index (χ1n) is 7.06. The summed E-state index contributed by atoms with van der Waals surface area (Å²) in [5.74, 6) is 0.214. The fourth-order valence-electron chi connectivity index (χ4n) is 2.77. The van der Waals surface area contributed by atoms with E-state index in [2.05, 4.69) is 24.2 Å². The number of aryl methyl sites for hydroxylation is 2. The van der Waals surface area contributed by atoms with Crippen LogP contribution in [0.2, 0.25) is 0 Å². The minimum atomic E-state index is 0.214. The predicted molar refractivity (Wildman–Crippen MR) is 87.2 cm³/mol. The van der Waals surface area contributed by atoms with Gasteiger partial charge in [0, 0.05) is 29.4 Å². The highest BCUT2D eigenvalue weighted by molar-refractivity contribution is 7.17. The van der Waals surface area contributed by atoms with Crippen molar-refractivity contribution in [2.45, 2.75) is 26.7 Å². The van der Waals surface area contributed by atoms with Crippen LogP contribution in [0.25, 0.3) is 10.1 Å². The molecule has 4 heteroatoms. The number of ketones is 1. The molecule has 2 aromatic heterocycles. The summed E-state index contributed by atoms with van der Waals surface area (Å²) in [6, 6.07) is 8.01. The van der Waals surface area contributed by atoms with Gasteiger partial charge in [-0.05, 0) is 48.7 Å². The summed E-state index contributed by atoms with van der Waals surface area (Å²) in [5, 5.41) is 7.60. The van der Waals surface area contributed by atoms with Gasteiger partial charge in [-0.1, -0.05) is 12.1 Å². The molecule has 21 heavy (non-hydrogen) atoms. The molecule has 0 N–H and O–H groups in total. The van der Waals surface area contributed by atoms with Crippen molar-refractivity contribution < 1.29 is 4.79 Å². The van der Waals surface area contributed by atoms with E-state index in [1.54, 1.807) is 11.3 Å². The lowest BCUT2D eigenvalue weighted by molar-refractivity contribution is 0.0984. The summed E-state index contributed by atoms with van der Waals surface area (Å²) in [4.78, 5) is 12.5. The Bertz CT molecular complexity index is 813. The van der Waals surface area contributed by atoms with E-state index in [1.165, 1.54) is 5.56 Å². The maximum atomic E-state index is 12.5. The average molecular weight is 298 g/mol. The Morgan fingerprint density at radius 3 is 2.81 bits per heavy atom. The minimum Gasteiger partial charge on any atom is -0.294 e. The van der Waals surface area contributed by atoms with Crippen LogP contribution in [0.1, 0.15) is 33.7 Å². The molecule has 0 aliphatic rings. The van der Waals surface area contributed by atoms with E-state index in [0.29, 0.717) is 6.42 Å². The van der Waals surface area contributed by atoms with Crippen LogP contribution in [0.3, 0.4) is 0 Å². The van der Waals surface area contributed by atoms with Crippen molar-refractivity contribution in [2.24, 2.45) is 7.05 Å². The zero-order valence-electron chi connectivity index (χ0n) is 12.5. The van der Waals surface area contributed by atoms with Gasteiger partial charge in [0.1, 0.15) is 0 Å². The van der Waals surface area contributed by atoms with Gasteiger partial charge in [0.15, 0.2) is 5.78 Å². The Morgan fingerprint density at radius 2 is 2.10 bits per heavy atom. The number of nitrogens with zero attached hydrogens (tertiary/aromatic N) is 2. The normalized spacial score (nSPS) is 11.2. The number of hydrogen-bond acceptors (Lipinski definition) is 3. The predicted octanol–water partition coefficient (Wildman–Crippen LogP) is 4.07. The number of benzene rings is 1. The van der Waals surface area contributed by atoms with E-state index in [9.17, 15) is 4.79 Å². The number of fused-ring (bicyclic) bond motifs is 1. The Kier molecular flexibility index (Phi) is 3.64. The second-order valence-electron chi connectivity index (χ2n) is 5.34. The number of hydrogen-bond donors (Lipinski definition) is 0. The third-order valence-corrected chi connectivity index (χ3v) is 5.00. The lowest BCUT2D eigenvalue weighted by Crippen LogP contribution is -2.03. The first kappa shape index (κ1) is 14.0. The molecule has 0 spiro atoms. The zero-order valence-corrected chi connectivity index (χ0v) is 13.3. The lowest BCUT2D eigenvalue weighted by atomic mass is 10.0. The molecular formula is C17H18N2OS. The molecule has 0 aliphatic heterocycles. The van der Waals surface area contributed by atoms with Crippen LogP contribution in [-0.2, 0) is 13.5 Å². The number of thiophene rings is 1. The smallest absolute Gasteiger partial charge is 0.164 e. The first-order valence-corrected chi connectivity index (χ1v) is 7.94. The van der Waals surface area contributed by atoms with Gasteiger partial charge in [-0.2, -0.15) is 5.10 Å². The van der Waals surface area contributed by atoms with Gasteiger partial charge in [-0.15, -0.1) is 11.3 Å². The van der Waals surface area contributed by atoms with Crippen molar-refractivity contribution in [1.82, 2.24) is 9.78 Å². The van der Waals surface area contributed by atoms with Gasteiger partial charge in [0.25, 0.3) is 0 Å². The summed E-state index contributed by atoms with van der Waals surface area (Å²) in [6.45, 7) is 4.06. The van der Waals surface area contributed by atoms with Crippen LogP contribution in [0, 0.1) is 13.8 Å². The van der Waals surface area contributed by atoms with Gasteiger partial charge >= 0.3 is 0 Å². The van der Waals surface area contributed by atoms with E-state index < -0.39 is 0 Å². The highest BCUT2D eigenvalue weighted by Gasteiger charge is 2.14. The number of carbonyl (C=O) groups is 1. The molecule has 0 bridgehead atoms. The van der Waals surface area contributed by atoms with Gasteiger partial charge < -0.3 is 0 Å². The van der Waals surface area contributed by atoms with E-state index in [-0.39, 0.29) is 5.78 Å². The lowest BCUT2D eigenvalue weighted by Gasteiger charge is -2.04. The Hall–Kier alpha value is -1.94. The summed E-state index contributed by atoms with van der Waals surface area (Å²) >= 11 is 1.64. The first-order chi connectivity index (χ1) is 10.1. The highest BCUT2D eigenvalue weighted by Crippen LogP contribution is 2.26. The molecule has 2 heterocycles. The molecule has 0 radical (unpaired) electrons. The molecule has 3 aromatic rings. The van der Waals surface area contributed by atoms with Crippen molar-refractivity contribution in [1.29, 1.82) is 0 Å². The molecule has 3 rings (SSSR count). The molecule has 1 aromatic carbocycles. The number of carbonyl (C=O) groups excluding carboxylic acids is 1. The van der Waals surface area contributed by atoms with Gasteiger partial charge in [-0.25, -0.2) is 0 Å². The fraction of sp³-hybridized carbons (Fsp3) is 0.294. The summed E-state index contributed by atoms with van der Waals surface area (Å²) in [7, 11) is 1.94. The Labute approximate surface area is 128 Å². The SMILES string of the molecule is Cc1nn(C)c(C)c1CCC(=O)c1cccc2ccsc12. The maximum absolute atomic E-state index is 12.5. The molecule has 0 aliphatic carbocycles. The van der Waals surface area contributed by atoms with Crippen molar-refractivity contribution in [2.75, 3.05) is 0 Å². The second-order valence-corrected chi connectivity index (χ2v) is 6.26. The number of rotatable bonds is 4. The molecule has 0 saturated heterocycles. The van der Waals surface area contributed by atoms with E-state index in [1.807, 2.05) is 36.2 Å². The quantitative estimate of drug-likeness (QED) is 0.681. The molecule has 0 atom stereocenters. The summed E-state index contributed by atoms with van der Waals surface area (Å²) < 4.78 is 2.98. The molecule has 0 amide bonds. The molecule has 108 valence electrons. The van der Waals surface area contributed by atoms with Crippen molar-refractivity contribution >= 4 is 27.2 Å². The van der Waals surface area contributed by atoms with E-state index in [0.717, 1.165) is 33.5 Å². The molecule has 0 unspecified atom stereocenters. The largest absolute Gasteiger partial charge is 0.294 e. The zero-order chi connectivity index (χ0) is 15.0. The average Bonchev–Trinajstić information content (AvgIpc) is 3.02. The van der Waals surface area contributed by atoms with Crippen molar-refractivity contribution in [3.63, 3.8) is 0 Å². The van der Waals surface area contributed by atoms with Crippen molar-refractivity contribution in [3.8, 4) is 0 Å². The fourth-order valence-corrected chi connectivity index (χ4v) is 3.70. The molecular weight excluding hydrogens is 280 g/mol. The summed E-state index contributed by atoms with van der Waals surface area (Å²) in [5.41, 5.74) is 4.22. The van der Waals surface area contributed by atoms with Crippen LogP contribution in [0.15, 0.2) is 29.6 Å². The molecule has 0 fully saturated rings. The maximum Gasteiger partial charge on any atom is 0.164 e. The Morgan fingerprint density at radius 1 is 1.29 bits per heavy atom. The Balaban J connectivity index is 1.82. The summed E-state index contributed by atoms with van der Waals surface area (Å²) in [6.07, 6.45) is 1.29. The van der Waals surface area contributed by atoms with E-state index in [4.69, 9.17) is 0 Å². The third-order valence-electron chi connectivity index (χ3n) is 4.04. The monoisotopic (exact) mass is 298 g/mol.